The van der Waals surface area contributed by atoms with Crippen LogP contribution in [0.5, 0.6) is 11.5 Å². The minimum absolute atomic E-state index is 0.0489. The van der Waals surface area contributed by atoms with Crippen molar-refractivity contribution in [2.24, 2.45) is 0 Å². The number of rotatable bonds is 10. The Morgan fingerprint density at radius 2 is 2.03 bits per heavy atom. The normalized spacial score (nSPS) is 14.3. The third kappa shape index (κ3) is 5.45. The Bertz CT molecular complexity index is 1090. The predicted octanol–water partition coefficient (Wildman–Crippen LogP) is 3.95. The Morgan fingerprint density at radius 3 is 2.77 bits per heavy atom. The van der Waals surface area contributed by atoms with Crippen molar-refractivity contribution in [3.05, 3.63) is 48.0 Å². The topological polar surface area (TPSA) is 93.6 Å². The number of hydrogen-bond donors (Lipinski definition) is 2. The molecule has 0 aliphatic heterocycles. The van der Waals surface area contributed by atoms with Crippen LogP contribution < -0.4 is 14.8 Å². The summed E-state index contributed by atoms with van der Waals surface area (Å²) in [5, 5.41) is 15.5. The first-order chi connectivity index (χ1) is 15.0. The second-order valence-electron chi connectivity index (χ2n) is 7.49. The SMILES string of the molecule is COc1cc(C(C)=O)ccc1OC[C@H](O)CSc1nc(NC2CC2)c2ccccc2n1. The summed E-state index contributed by atoms with van der Waals surface area (Å²) in [5.74, 6) is 2.12. The van der Waals surface area contributed by atoms with E-state index in [9.17, 15) is 9.90 Å². The molecule has 31 heavy (non-hydrogen) atoms. The molecule has 2 N–H and O–H groups in total. The molecule has 0 bridgehead atoms. The first kappa shape index (κ1) is 21.4. The second-order valence-corrected chi connectivity index (χ2v) is 8.48. The molecule has 0 amide bonds. The Hall–Kier alpha value is -2.84. The number of aliphatic hydroxyl groups excluding tert-OH is 1. The Kier molecular flexibility index (Phi) is 6.58. The number of nitrogens with one attached hydrogen (secondary N) is 1. The Labute approximate surface area is 185 Å². The standard InChI is InChI=1S/C23H25N3O4S/c1-14(27)15-7-10-20(21(11-15)29-2)30-12-17(28)13-31-23-25-19-6-4-3-5-18(19)22(26-23)24-16-8-9-16/h3-7,10-11,16-17,28H,8-9,12-13H2,1-2H3,(H,24,25,26)/t17-/m0/s1. The van der Waals surface area contributed by atoms with Crippen LogP contribution in [0.3, 0.4) is 0 Å². The van der Waals surface area contributed by atoms with Gasteiger partial charge in [0.1, 0.15) is 12.4 Å². The molecule has 0 radical (unpaired) electrons. The molecule has 1 aromatic heterocycles. The monoisotopic (exact) mass is 439 g/mol. The van der Waals surface area contributed by atoms with Gasteiger partial charge >= 0.3 is 0 Å². The molecular formula is C23H25N3O4S. The van der Waals surface area contributed by atoms with Gasteiger partial charge in [0, 0.05) is 22.7 Å². The largest absolute Gasteiger partial charge is 0.493 e. The van der Waals surface area contributed by atoms with Crippen LogP contribution in [0, 0.1) is 0 Å². The summed E-state index contributed by atoms with van der Waals surface area (Å²) < 4.78 is 11.0. The van der Waals surface area contributed by atoms with Crippen molar-refractivity contribution in [1.82, 2.24) is 9.97 Å². The lowest BCUT2D eigenvalue weighted by Crippen LogP contribution is -2.20. The van der Waals surface area contributed by atoms with E-state index >= 15 is 0 Å². The number of anilines is 1. The summed E-state index contributed by atoms with van der Waals surface area (Å²) >= 11 is 1.39. The quantitative estimate of drug-likeness (QED) is 0.279. The number of para-hydroxylation sites is 1. The lowest BCUT2D eigenvalue weighted by molar-refractivity contribution is 0.101. The number of nitrogens with zero attached hydrogens (tertiary/aromatic N) is 2. The summed E-state index contributed by atoms with van der Waals surface area (Å²) in [6.45, 7) is 1.58. The van der Waals surface area contributed by atoms with Crippen molar-refractivity contribution in [1.29, 1.82) is 0 Å². The van der Waals surface area contributed by atoms with E-state index in [0.29, 0.717) is 34.0 Å². The second kappa shape index (κ2) is 9.53. The van der Waals surface area contributed by atoms with Gasteiger partial charge in [-0.25, -0.2) is 9.97 Å². The average molecular weight is 440 g/mol. The van der Waals surface area contributed by atoms with E-state index in [4.69, 9.17) is 9.47 Å². The van der Waals surface area contributed by atoms with Gasteiger partial charge in [-0.1, -0.05) is 23.9 Å². The molecular weight excluding hydrogens is 414 g/mol. The summed E-state index contributed by atoms with van der Waals surface area (Å²) in [7, 11) is 1.52. The first-order valence-corrected chi connectivity index (χ1v) is 11.2. The molecule has 3 aromatic rings. The fourth-order valence-electron chi connectivity index (χ4n) is 3.06. The number of hydrogen-bond acceptors (Lipinski definition) is 8. The number of aliphatic hydroxyl groups is 1. The highest BCUT2D eigenvalue weighted by Gasteiger charge is 2.23. The van der Waals surface area contributed by atoms with E-state index in [0.717, 1.165) is 29.6 Å². The number of carbonyl (C=O) groups is 1. The predicted molar refractivity (Wildman–Crippen MR) is 121 cm³/mol. The van der Waals surface area contributed by atoms with Crippen LogP contribution >= 0.6 is 11.8 Å². The average Bonchev–Trinajstić information content (AvgIpc) is 3.60. The molecule has 7 nitrogen and oxygen atoms in total. The van der Waals surface area contributed by atoms with Crippen LogP contribution in [0.25, 0.3) is 10.9 Å². The molecule has 1 aliphatic carbocycles. The van der Waals surface area contributed by atoms with Crippen molar-refractivity contribution in [2.75, 3.05) is 24.8 Å². The number of benzene rings is 2. The number of thioether (sulfide) groups is 1. The smallest absolute Gasteiger partial charge is 0.190 e. The highest BCUT2D eigenvalue weighted by molar-refractivity contribution is 7.99. The van der Waals surface area contributed by atoms with E-state index in [1.165, 1.54) is 25.8 Å². The molecule has 0 unspecified atom stereocenters. The van der Waals surface area contributed by atoms with Gasteiger partial charge in [0.15, 0.2) is 22.4 Å². The van der Waals surface area contributed by atoms with E-state index in [1.807, 2.05) is 24.3 Å². The zero-order valence-electron chi connectivity index (χ0n) is 17.5. The van der Waals surface area contributed by atoms with E-state index in [1.54, 1.807) is 18.2 Å². The zero-order chi connectivity index (χ0) is 21.8. The fraction of sp³-hybridized carbons (Fsp3) is 0.348. The highest BCUT2D eigenvalue weighted by Crippen LogP contribution is 2.31. The minimum Gasteiger partial charge on any atom is -0.493 e. The van der Waals surface area contributed by atoms with E-state index in [2.05, 4.69) is 15.3 Å². The van der Waals surface area contributed by atoms with Crippen molar-refractivity contribution in [2.45, 2.75) is 37.1 Å². The molecule has 2 aromatic carbocycles. The lowest BCUT2D eigenvalue weighted by Gasteiger charge is -2.15. The summed E-state index contributed by atoms with van der Waals surface area (Å²) in [5.41, 5.74) is 1.42. The number of ketones is 1. The van der Waals surface area contributed by atoms with Crippen molar-refractivity contribution in [3.8, 4) is 11.5 Å². The van der Waals surface area contributed by atoms with Gasteiger partial charge in [0.2, 0.25) is 0 Å². The van der Waals surface area contributed by atoms with Crippen LogP contribution in [0.4, 0.5) is 5.82 Å². The molecule has 1 fully saturated rings. The van der Waals surface area contributed by atoms with Gasteiger partial charge < -0.3 is 19.9 Å². The van der Waals surface area contributed by atoms with Gasteiger partial charge in [-0.05, 0) is 50.1 Å². The third-order valence-electron chi connectivity index (χ3n) is 4.91. The van der Waals surface area contributed by atoms with Crippen LogP contribution in [0.15, 0.2) is 47.6 Å². The number of methoxy groups -OCH3 is 1. The number of fused-ring (bicyclic) bond motifs is 1. The number of ether oxygens (including phenoxy) is 2. The molecule has 1 saturated carbocycles. The molecule has 162 valence electrons. The summed E-state index contributed by atoms with van der Waals surface area (Å²) in [6, 6.07) is 13.4. The van der Waals surface area contributed by atoms with Gasteiger partial charge in [-0.3, -0.25) is 4.79 Å². The van der Waals surface area contributed by atoms with Crippen molar-refractivity contribution < 1.29 is 19.4 Å². The van der Waals surface area contributed by atoms with Gasteiger partial charge in [0.25, 0.3) is 0 Å². The lowest BCUT2D eigenvalue weighted by atomic mass is 10.1. The maximum atomic E-state index is 11.5. The van der Waals surface area contributed by atoms with Crippen molar-refractivity contribution in [3.63, 3.8) is 0 Å². The highest BCUT2D eigenvalue weighted by atomic mass is 32.2. The molecule has 0 saturated heterocycles. The summed E-state index contributed by atoms with van der Waals surface area (Å²) in [4.78, 5) is 20.8. The fourth-order valence-corrected chi connectivity index (χ4v) is 3.82. The van der Waals surface area contributed by atoms with Crippen LogP contribution in [-0.2, 0) is 0 Å². The van der Waals surface area contributed by atoms with Crippen LogP contribution in [0.1, 0.15) is 30.1 Å². The maximum absolute atomic E-state index is 11.5. The minimum atomic E-state index is -0.725. The molecule has 1 heterocycles. The molecule has 0 spiro atoms. The molecule has 1 atom stereocenters. The van der Waals surface area contributed by atoms with Gasteiger partial charge in [0.05, 0.1) is 18.7 Å². The molecule has 1 aliphatic rings. The van der Waals surface area contributed by atoms with Gasteiger partial charge in [-0.15, -0.1) is 0 Å². The van der Waals surface area contributed by atoms with E-state index in [-0.39, 0.29) is 12.4 Å². The zero-order valence-corrected chi connectivity index (χ0v) is 18.3. The first-order valence-electron chi connectivity index (χ1n) is 10.2. The summed E-state index contributed by atoms with van der Waals surface area (Å²) in [6.07, 6.45) is 1.60. The van der Waals surface area contributed by atoms with E-state index < -0.39 is 6.10 Å². The number of aromatic nitrogens is 2. The van der Waals surface area contributed by atoms with Crippen LogP contribution in [0.2, 0.25) is 0 Å². The maximum Gasteiger partial charge on any atom is 0.190 e. The van der Waals surface area contributed by atoms with Crippen molar-refractivity contribution >= 4 is 34.3 Å². The number of carbonyl (C=O) groups excluding carboxylic acids is 1. The van der Waals surface area contributed by atoms with Crippen LogP contribution in [-0.4, -0.2) is 52.5 Å². The molecule has 4 rings (SSSR count). The number of Topliss-reactive ketones (excluding diaryl/α,β-unsaturated/α-hetero) is 1. The Morgan fingerprint density at radius 1 is 1.23 bits per heavy atom. The third-order valence-corrected chi connectivity index (χ3v) is 5.90. The molecule has 8 heteroatoms. The Balaban J connectivity index is 1.38. The van der Waals surface area contributed by atoms with Gasteiger partial charge in [-0.2, -0.15) is 0 Å².